The predicted molar refractivity (Wildman–Crippen MR) is 88.0 cm³/mol. The molecule has 0 heterocycles. The Morgan fingerprint density at radius 1 is 1.25 bits per heavy atom. The van der Waals surface area contributed by atoms with Gasteiger partial charge in [-0.3, -0.25) is 4.79 Å². The minimum absolute atomic E-state index is 0.0791. The lowest BCUT2D eigenvalue weighted by molar-refractivity contribution is 0.0756. The fraction of sp³-hybridized carbons (Fsp3) is 0.500. The molecule has 0 fully saturated rings. The number of aryl methyl sites for hydroxylation is 1. The number of benzene rings is 1. The van der Waals surface area contributed by atoms with Gasteiger partial charge in [-0.05, 0) is 25.0 Å². The largest absolute Gasteiger partial charge is 0.393 e. The van der Waals surface area contributed by atoms with Crippen LogP contribution in [0.2, 0.25) is 0 Å². The highest BCUT2D eigenvalue weighted by Gasteiger charge is 2.16. The van der Waals surface area contributed by atoms with Crippen molar-refractivity contribution in [2.24, 2.45) is 5.73 Å². The zero-order valence-electron chi connectivity index (χ0n) is 12.4. The number of nitrogens with two attached hydrogens (primary N) is 1. The molecule has 0 aliphatic rings. The van der Waals surface area contributed by atoms with Crippen molar-refractivity contribution in [2.75, 3.05) is 13.1 Å². The Hall–Kier alpha value is -1.42. The fourth-order valence-corrected chi connectivity index (χ4v) is 2.19. The third-order valence-corrected chi connectivity index (χ3v) is 3.53. The molecule has 0 aliphatic heterocycles. The van der Waals surface area contributed by atoms with E-state index in [2.05, 4.69) is 6.92 Å². The van der Waals surface area contributed by atoms with E-state index in [0.717, 1.165) is 36.9 Å². The highest BCUT2D eigenvalue weighted by atomic mass is 32.1. The molecule has 1 amide bonds. The molecule has 4 heteroatoms. The number of unbranched alkanes of at least 4 members (excludes halogenated alkanes) is 2. The van der Waals surface area contributed by atoms with Crippen molar-refractivity contribution in [1.29, 1.82) is 0 Å². The molecule has 0 bridgehead atoms. The standard InChI is InChI=1S/C16H24N2OS/c1-3-4-7-11-18(12-10-15(17)20)16(19)14-9-6-5-8-13(14)2/h5-6,8-9H,3-4,7,10-12H2,1-2H3,(H2,17,20). The van der Waals surface area contributed by atoms with E-state index in [1.165, 1.54) is 0 Å². The monoisotopic (exact) mass is 292 g/mol. The number of amides is 1. The number of thiocarbonyl (C=S) groups is 1. The number of carbonyl (C=O) groups excluding carboxylic acids is 1. The summed E-state index contributed by atoms with van der Waals surface area (Å²) in [4.78, 5) is 14.9. The molecule has 0 saturated carbocycles. The third kappa shape index (κ3) is 5.29. The highest BCUT2D eigenvalue weighted by Crippen LogP contribution is 2.12. The van der Waals surface area contributed by atoms with E-state index in [1.807, 2.05) is 36.1 Å². The molecule has 20 heavy (non-hydrogen) atoms. The van der Waals surface area contributed by atoms with Crippen LogP contribution in [0.1, 0.15) is 48.5 Å². The molecule has 0 spiro atoms. The average Bonchev–Trinajstić information content (AvgIpc) is 2.42. The Labute approximate surface area is 127 Å². The summed E-state index contributed by atoms with van der Waals surface area (Å²) in [6.45, 7) is 5.49. The lowest BCUT2D eigenvalue weighted by Crippen LogP contribution is -2.35. The summed E-state index contributed by atoms with van der Waals surface area (Å²) in [5.41, 5.74) is 7.34. The molecule has 0 aliphatic carbocycles. The third-order valence-electron chi connectivity index (χ3n) is 3.32. The summed E-state index contributed by atoms with van der Waals surface area (Å²) in [6.07, 6.45) is 3.87. The summed E-state index contributed by atoms with van der Waals surface area (Å²) in [6, 6.07) is 7.69. The van der Waals surface area contributed by atoms with E-state index in [0.29, 0.717) is 18.0 Å². The van der Waals surface area contributed by atoms with Crippen molar-refractivity contribution < 1.29 is 4.79 Å². The van der Waals surface area contributed by atoms with Crippen molar-refractivity contribution in [2.45, 2.75) is 39.5 Å². The van der Waals surface area contributed by atoms with Gasteiger partial charge in [-0.25, -0.2) is 0 Å². The summed E-state index contributed by atoms with van der Waals surface area (Å²) in [5, 5.41) is 0. The van der Waals surface area contributed by atoms with Crippen molar-refractivity contribution >= 4 is 23.1 Å². The topological polar surface area (TPSA) is 46.3 Å². The number of carbonyl (C=O) groups is 1. The van der Waals surface area contributed by atoms with Crippen LogP contribution < -0.4 is 5.73 Å². The van der Waals surface area contributed by atoms with E-state index < -0.39 is 0 Å². The Kier molecular flexibility index (Phi) is 7.23. The maximum absolute atomic E-state index is 12.6. The zero-order valence-corrected chi connectivity index (χ0v) is 13.2. The first-order valence-corrected chi connectivity index (χ1v) is 7.60. The second-order valence-electron chi connectivity index (χ2n) is 5.03. The first-order valence-electron chi connectivity index (χ1n) is 7.19. The second kappa shape index (κ2) is 8.69. The van der Waals surface area contributed by atoms with Crippen LogP contribution in [0.25, 0.3) is 0 Å². The lowest BCUT2D eigenvalue weighted by atomic mass is 10.1. The van der Waals surface area contributed by atoms with Gasteiger partial charge in [-0.1, -0.05) is 50.2 Å². The summed E-state index contributed by atoms with van der Waals surface area (Å²) < 4.78 is 0. The van der Waals surface area contributed by atoms with Gasteiger partial charge in [-0.15, -0.1) is 0 Å². The first kappa shape index (κ1) is 16.6. The molecule has 1 aromatic carbocycles. The van der Waals surface area contributed by atoms with Gasteiger partial charge in [0.15, 0.2) is 0 Å². The van der Waals surface area contributed by atoms with Gasteiger partial charge < -0.3 is 10.6 Å². The quantitative estimate of drug-likeness (QED) is 0.590. The molecule has 3 nitrogen and oxygen atoms in total. The van der Waals surface area contributed by atoms with Gasteiger partial charge in [0.05, 0.1) is 4.99 Å². The van der Waals surface area contributed by atoms with Crippen LogP contribution in [0.5, 0.6) is 0 Å². The fourth-order valence-electron chi connectivity index (χ4n) is 2.10. The molecule has 0 unspecified atom stereocenters. The maximum Gasteiger partial charge on any atom is 0.254 e. The predicted octanol–water partition coefficient (Wildman–Crippen LogP) is 3.30. The van der Waals surface area contributed by atoms with E-state index in [-0.39, 0.29) is 5.91 Å². The minimum atomic E-state index is 0.0791. The number of hydrogen-bond donors (Lipinski definition) is 1. The maximum atomic E-state index is 12.6. The molecule has 0 aromatic heterocycles. The Balaban J connectivity index is 2.77. The molecule has 0 atom stereocenters. The first-order chi connectivity index (χ1) is 9.56. The smallest absolute Gasteiger partial charge is 0.254 e. The number of nitrogens with zero attached hydrogens (tertiary/aromatic N) is 1. The van der Waals surface area contributed by atoms with E-state index in [9.17, 15) is 4.79 Å². The number of hydrogen-bond acceptors (Lipinski definition) is 2. The minimum Gasteiger partial charge on any atom is -0.393 e. The van der Waals surface area contributed by atoms with Crippen LogP contribution in [-0.2, 0) is 0 Å². The second-order valence-corrected chi connectivity index (χ2v) is 5.55. The lowest BCUT2D eigenvalue weighted by Gasteiger charge is -2.23. The SMILES string of the molecule is CCCCCN(CCC(N)=S)C(=O)c1ccccc1C. The summed E-state index contributed by atoms with van der Waals surface area (Å²) >= 11 is 4.92. The van der Waals surface area contributed by atoms with Crippen LogP contribution in [0.15, 0.2) is 24.3 Å². The molecule has 1 rings (SSSR count). The van der Waals surface area contributed by atoms with Crippen molar-refractivity contribution in [3.8, 4) is 0 Å². The molecular weight excluding hydrogens is 268 g/mol. The number of rotatable bonds is 8. The summed E-state index contributed by atoms with van der Waals surface area (Å²) in [7, 11) is 0. The van der Waals surface area contributed by atoms with E-state index in [1.54, 1.807) is 0 Å². The van der Waals surface area contributed by atoms with Crippen LogP contribution >= 0.6 is 12.2 Å². The molecule has 0 saturated heterocycles. The Bertz CT molecular complexity index is 460. The molecule has 1 aromatic rings. The van der Waals surface area contributed by atoms with Crippen molar-refractivity contribution in [3.05, 3.63) is 35.4 Å². The van der Waals surface area contributed by atoms with Crippen LogP contribution in [0.3, 0.4) is 0 Å². The van der Waals surface area contributed by atoms with Gasteiger partial charge in [0, 0.05) is 25.1 Å². The van der Waals surface area contributed by atoms with Gasteiger partial charge in [-0.2, -0.15) is 0 Å². The van der Waals surface area contributed by atoms with Gasteiger partial charge in [0.1, 0.15) is 0 Å². The van der Waals surface area contributed by atoms with Gasteiger partial charge >= 0.3 is 0 Å². The Morgan fingerprint density at radius 2 is 1.95 bits per heavy atom. The highest BCUT2D eigenvalue weighted by molar-refractivity contribution is 7.80. The average molecular weight is 292 g/mol. The van der Waals surface area contributed by atoms with E-state index in [4.69, 9.17) is 18.0 Å². The van der Waals surface area contributed by atoms with Gasteiger partial charge in [0.2, 0.25) is 0 Å². The van der Waals surface area contributed by atoms with Crippen LogP contribution in [-0.4, -0.2) is 28.9 Å². The van der Waals surface area contributed by atoms with Crippen molar-refractivity contribution in [3.63, 3.8) is 0 Å². The summed E-state index contributed by atoms with van der Waals surface area (Å²) in [5.74, 6) is 0.0791. The molecule has 110 valence electrons. The molecule has 0 radical (unpaired) electrons. The zero-order chi connectivity index (χ0) is 15.0. The van der Waals surface area contributed by atoms with E-state index >= 15 is 0 Å². The molecule has 2 N–H and O–H groups in total. The van der Waals surface area contributed by atoms with Gasteiger partial charge in [0.25, 0.3) is 5.91 Å². The van der Waals surface area contributed by atoms with Crippen LogP contribution in [0, 0.1) is 6.92 Å². The van der Waals surface area contributed by atoms with Crippen molar-refractivity contribution in [1.82, 2.24) is 4.90 Å². The molecular formula is C16H24N2OS. The van der Waals surface area contributed by atoms with Crippen LogP contribution in [0.4, 0.5) is 0 Å². The normalized spacial score (nSPS) is 10.3. The Morgan fingerprint density at radius 3 is 2.55 bits per heavy atom.